The summed E-state index contributed by atoms with van der Waals surface area (Å²) in [5, 5.41) is 19.2. The second-order valence-corrected chi connectivity index (χ2v) is 3.71. The van der Waals surface area contributed by atoms with Crippen molar-refractivity contribution in [3.63, 3.8) is 0 Å². The molecule has 1 saturated heterocycles. The van der Waals surface area contributed by atoms with E-state index >= 15 is 0 Å². The van der Waals surface area contributed by atoms with Crippen LogP contribution in [0, 0.1) is 10.1 Å². The molecule has 1 aromatic carbocycles. The predicted octanol–water partition coefficient (Wildman–Crippen LogP) is 0.212. The van der Waals surface area contributed by atoms with Crippen LogP contribution < -0.4 is 5.73 Å². The third-order valence-electron chi connectivity index (χ3n) is 2.51. The van der Waals surface area contributed by atoms with Crippen LogP contribution in [0.1, 0.15) is 10.4 Å². The van der Waals surface area contributed by atoms with E-state index in [0.717, 1.165) is 12.1 Å². The number of carbonyl (C=O) groups excluding carboxylic acids is 1. The minimum absolute atomic E-state index is 0.0465. The topological polar surface area (TPSA) is 136 Å². The molecule has 1 fully saturated rings. The van der Waals surface area contributed by atoms with Crippen LogP contribution in [0.3, 0.4) is 0 Å². The number of non-ortho nitro benzene ring substituents is 1. The van der Waals surface area contributed by atoms with Crippen molar-refractivity contribution in [1.29, 1.82) is 0 Å². The molecule has 2 atom stereocenters. The predicted molar refractivity (Wildman–Crippen MR) is 58.1 cm³/mol. The number of nitrogens with zero attached hydrogens (tertiary/aromatic N) is 1. The second-order valence-electron chi connectivity index (χ2n) is 3.71. The lowest BCUT2D eigenvalue weighted by Crippen LogP contribution is -2.17. The number of hydrogen-bond donors (Lipinski definition) is 2. The minimum atomic E-state index is -1.25. The highest BCUT2D eigenvalue weighted by molar-refractivity contribution is 6.08. The fraction of sp³-hybridized carbons (Fsp3) is 0.200. The monoisotopic (exact) mass is 252 g/mol. The van der Waals surface area contributed by atoms with Crippen molar-refractivity contribution in [2.75, 3.05) is 5.73 Å². The number of carbonyl (C=O) groups is 2. The molecule has 0 saturated carbocycles. The lowest BCUT2D eigenvalue weighted by molar-refractivity contribution is -0.384. The smallest absolute Gasteiger partial charge is 0.336 e. The molecule has 0 aromatic heterocycles. The number of nitro groups is 1. The van der Waals surface area contributed by atoms with Crippen molar-refractivity contribution in [3.8, 4) is 0 Å². The van der Waals surface area contributed by atoms with Crippen LogP contribution in [0.2, 0.25) is 0 Å². The van der Waals surface area contributed by atoms with Gasteiger partial charge in [0.2, 0.25) is 0 Å². The van der Waals surface area contributed by atoms with E-state index in [0.29, 0.717) is 0 Å². The number of hydrogen-bond acceptors (Lipinski definition) is 6. The van der Waals surface area contributed by atoms with Crippen molar-refractivity contribution in [3.05, 3.63) is 33.9 Å². The van der Waals surface area contributed by atoms with Gasteiger partial charge in [0.25, 0.3) is 5.69 Å². The molecule has 2 unspecified atom stereocenters. The molecule has 1 heterocycles. The molecule has 2 rings (SSSR count). The number of Topliss-reactive ketones (excluding diaryl/α,β-unsaturated/α-hetero) is 1. The van der Waals surface area contributed by atoms with Gasteiger partial charge in [-0.25, -0.2) is 4.79 Å². The number of aliphatic carboxylic acids is 1. The number of epoxide rings is 1. The standard InChI is InChI=1S/C10H8N2O6/c11-6-2-1-4(12(16)17)3-5(6)7(13)8-9(18-8)10(14)15/h1-3,8-9H,11H2,(H,14,15). The normalized spacial score (nSPS) is 21.3. The van der Waals surface area contributed by atoms with Gasteiger partial charge in [-0.1, -0.05) is 0 Å². The van der Waals surface area contributed by atoms with Crippen LogP contribution in [0.25, 0.3) is 0 Å². The molecule has 1 aliphatic rings. The van der Waals surface area contributed by atoms with Gasteiger partial charge in [0.05, 0.1) is 10.5 Å². The van der Waals surface area contributed by atoms with Crippen molar-refractivity contribution in [2.24, 2.45) is 0 Å². The summed E-state index contributed by atoms with van der Waals surface area (Å²) in [6.07, 6.45) is -2.32. The SMILES string of the molecule is Nc1ccc([N+](=O)[O-])cc1C(=O)C1OC1C(=O)O. The summed E-state index contributed by atoms with van der Waals surface area (Å²) in [6, 6.07) is 3.40. The van der Waals surface area contributed by atoms with Crippen LogP contribution in [0.4, 0.5) is 11.4 Å². The summed E-state index contributed by atoms with van der Waals surface area (Å²) in [6.45, 7) is 0. The summed E-state index contributed by atoms with van der Waals surface area (Å²) in [7, 11) is 0. The molecule has 8 nitrogen and oxygen atoms in total. The number of nitrogen functional groups attached to an aromatic ring is 1. The average molecular weight is 252 g/mol. The van der Waals surface area contributed by atoms with E-state index in [-0.39, 0.29) is 16.9 Å². The zero-order chi connectivity index (χ0) is 13.4. The van der Waals surface area contributed by atoms with Crippen LogP contribution in [0.5, 0.6) is 0 Å². The fourth-order valence-electron chi connectivity index (χ4n) is 1.52. The molecule has 18 heavy (non-hydrogen) atoms. The van der Waals surface area contributed by atoms with E-state index in [2.05, 4.69) is 4.74 Å². The first-order valence-corrected chi connectivity index (χ1v) is 4.88. The number of ether oxygens (including phenoxy) is 1. The summed E-state index contributed by atoms with van der Waals surface area (Å²) < 4.78 is 4.68. The first kappa shape index (κ1) is 12.0. The van der Waals surface area contributed by atoms with Gasteiger partial charge in [-0.15, -0.1) is 0 Å². The molecule has 0 radical (unpaired) electrons. The summed E-state index contributed by atoms with van der Waals surface area (Å²) in [4.78, 5) is 32.3. The van der Waals surface area contributed by atoms with Crippen LogP contribution in [0.15, 0.2) is 18.2 Å². The van der Waals surface area contributed by atoms with Gasteiger partial charge in [-0.05, 0) is 6.07 Å². The van der Waals surface area contributed by atoms with Crippen molar-refractivity contribution < 1.29 is 24.4 Å². The number of carboxylic acids is 1. The van der Waals surface area contributed by atoms with E-state index in [1.807, 2.05) is 0 Å². The summed E-state index contributed by atoms with van der Waals surface area (Å²) in [5.41, 5.74) is 5.19. The number of ketones is 1. The molecule has 0 aliphatic carbocycles. The van der Waals surface area contributed by atoms with Gasteiger partial charge in [0.1, 0.15) is 0 Å². The molecule has 0 amide bonds. The largest absolute Gasteiger partial charge is 0.479 e. The van der Waals surface area contributed by atoms with E-state index in [1.54, 1.807) is 0 Å². The van der Waals surface area contributed by atoms with Gasteiger partial charge in [-0.3, -0.25) is 14.9 Å². The molecule has 0 bridgehead atoms. The van der Waals surface area contributed by atoms with E-state index in [9.17, 15) is 19.7 Å². The van der Waals surface area contributed by atoms with Gasteiger partial charge in [0.15, 0.2) is 18.0 Å². The fourth-order valence-corrected chi connectivity index (χ4v) is 1.52. The number of benzene rings is 1. The third kappa shape index (κ3) is 2.00. The maximum absolute atomic E-state index is 11.8. The lowest BCUT2D eigenvalue weighted by atomic mass is 10.0. The Hall–Kier alpha value is -2.48. The zero-order valence-electron chi connectivity index (χ0n) is 8.90. The van der Waals surface area contributed by atoms with Crippen LogP contribution in [-0.2, 0) is 9.53 Å². The Balaban J connectivity index is 2.28. The minimum Gasteiger partial charge on any atom is -0.479 e. The molecule has 1 aliphatic heterocycles. The van der Waals surface area contributed by atoms with Crippen molar-refractivity contribution in [1.82, 2.24) is 0 Å². The Labute approximate surface area is 100 Å². The third-order valence-corrected chi connectivity index (χ3v) is 2.51. The molecule has 8 heteroatoms. The van der Waals surface area contributed by atoms with Gasteiger partial charge in [-0.2, -0.15) is 0 Å². The number of rotatable bonds is 4. The summed E-state index contributed by atoms with van der Waals surface area (Å²) in [5.74, 6) is -1.92. The molecule has 0 spiro atoms. The Morgan fingerprint density at radius 1 is 1.39 bits per heavy atom. The van der Waals surface area contributed by atoms with Gasteiger partial charge < -0.3 is 15.6 Å². The molecule has 1 aromatic rings. The number of nitrogens with two attached hydrogens (primary N) is 1. The maximum Gasteiger partial charge on any atom is 0.336 e. The second kappa shape index (κ2) is 4.08. The number of nitro benzene ring substituents is 1. The van der Waals surface area contributed by atoms with Gasteiger partial charge in [0, 0.05) is 17.8 Å². The highest BCUT2D eigenvalue weighted by Crippen LogP contribution is 2.29. The molecular weight excluding hydrogens is 244 g/mol. The highest BCUT2D eigenvalue weighted by atomic mass is 16.6. The Kier molecular flexibility index (Phi) is 2.71. The van der Waals surface area contributed by atoms with E-state index in [1.165, 1.54) is 6.07 Å². The van der Waals surface area contributed by atoms with Crippen LogP contribution in [-0.4, -0.2) is 34.0 Å². The van der Waals surface area contributed by atoms with Crippen LogP contribution >= 0.6 is 0 Å². The molecular formula is C10H8N2O6. The van der Waals surface area contributed by atoms with Crippen molar-refractivity contribution in [2.45, 2.75) is 12.2 Å². The lowest BCUT2D eigenvalue weighted by Gasteiger charge is -2.02. The van der Waals surface area contributed by atoms with E-state index in [4.69, 9.17) is 10.8 Å². The van der Waals surface area contributed by atoms with E-state index < -0.39 is 28.9 Å². The van der Waals surface area contributed by atoms with Gasteiger partial charge >= 0.3 is 5.97 Å². The Morgan fingerprint density at radius 3 is 2.56 bits per heavy atom. The number of anilines is 1. The zero-order valence-corrected chi connectivity index (χ0v) is 8.90. The average Bonchev–Trinajstić information content (AvgIpc) is 3.08. The number of carboxylic acid groups (broad SMARTS) is 1. The Morgan fingerprint density at radius 2 is 2.06 bits per heavy atom. The quantitative estimate of drug-likeness (QED) is 0.257. The highest BCUT2D eigenvalue weighted by Gasteiger charge is 2.51. The van der Waals surface area contributed by atoms with Crippen molar-refractivity contribution >= 4 is 23.1 Å². The summed E-state index contributed by atoms with van der Waals surface area (Å²) >= 11 is 0. The first-order valence-electron chi connectivity index (χ1n) is 4.88. The molecule has 94 valence electrons. The maximum atomic E-state index is 11.8. The Bertz CT molecular complexity index is 555. The molecule has 3 N–H and O–H groups in total. The first-order chi connectivity index (χ1) is 8.41.